The van der Waals surface area contributed by atoms with Crippen molar-refractivity contribution in [2.45, 2.75) is 51.7 Å². The van der Waals surface area contributed by atoms with Crippen molar-refractivity contribution >= 4 is 0 Å². The molecular formula is C10H20O2. The topological polar surface area (TPSA) is 40.5 Å². The Morgan fingerprint density at radius 2 is 2.00 bits per heavy atom. The highest BCUT2D eigenvalue weighted by Crippen LogP contribution is 2.09. The molecule has 0 heterocycles. The van der Waals surface area contributed by atoms with Crippen LogP contribution < -0.4 is 0 Å². The summed E-state index contributed by atoms with van der Waals surface area (Å²) in [4.78, 5) is 0. The molecule has 2 atom stereocenters. The number of rotatable bonds is 6. The summed E-state index contributed by atoms with van der Waals surface area (Å²) in [6.07, 6.45) is 2.42. The molecule has 0 aromatic heterocycles. The van der Waals surface area contributed by atoms with Gasteiger partial charge in [-0.3, -0.25) is 0 Å². The Kier molecular flexibility index (Phi) is 6.03. The summed E-state index contributed by atoms with van der Waals surface area (Å²) < 4.78 is 0. The minimum Gasteiger partial charge on any atom is -0.393 e. The van der Waals surface area contributed by atoms with Crippen LogP contribution >= 0.6 is 0 Å². The van der Waals surface area contributed by atoms with Crippen LogP contribution in [-0.4, -0.2) is 22.4 Å². The van der Waals surface area contributed by atoms with Gasteiger partial charge in [-0.2, -0.15) is 0 Å². The summed E-state index contributed by atoms with van der Waals surface area (Å²) in [5.74, 6) is 0. The predicted molar refractivity (Wildman–Crippen MR) is 51.0 cm³/mol. The first kappa shape index (κ1) is 11.7. The van der Waals surface area contributed by atoms with Gasteiger partial charge in [-0.05, 0) is 39.5 Å². The van der Waals surface area contributed by atoms with E-state index in [4.69, 9.17) is 5.11 Å². The van der Waals surface area contributed by atoms with Crippen LogP contribution in [0.1, 0.15) is 39.5 Å². The SMILES string of the molecule is C=C(C)CCC[C@H](O)C[C@@H](C)O. The first-order chi connectivity index (χ1) is 5.52. The van der Waals surface area contributed by atoms with Crippen LogP contribution in [0.5, 0.6) is 0 Å². The normalized spacial score (nSPS) is 15.7. The molecule has 2 N–H and O–H groups in total. The minimum atomic E-state index is -0.398. The van der Waals surface area contributed by atoms with Gasteiger partial charge in [0.1, 0.15) is 0 Å². The molecule has 0 bridgehead atoms. The van der Waals surface area contributed by atoms with Crippen molar-refractivity contribution in [2.24, 2.45) is 0 Å². The molecule has 2 nitrogen and oxygen atoms in total. The molecule has 0 amide bonds. The summed E-state index contributed by atoms with van der Waals surface area (Å²) in [5, 5.41) is 18.3. The number of allylic oxidation sites excluding steroid dienone is 1. The number of aliphatic hydroxyl groups is 2. The lowest BCUT2D eigenvalue weighted by atomic mass is 10.0. The molecule has 12 heavy (non-hydrogen) atoms. The van der Waals surface area contributed by atoms with Crippen LogP contribution in [0.3, 0.4) is 0 Å². The van der Waals surface area contributed by atoms with E-state index in [-0.39, 0.29) is 6.10 Å². The molecule has 72 valence electrons. The highest BCUT2D eigenvalue weighted by Gasteiger charge is 2.06. The number of aliphatic hydroxyl groups excluding tert-OH is 2. The van der Waals surface area contributed by atoms with Crippen LogP contribution in [-0.2, 0) is 0 Å². The summed E-state index contributed by atoms with van der Waals surface area (Å²) in [5.41, 5.74) is 1.15. The van der Waals surface area contributed by atoms with E-state index in [0.29, 0.717) is 6.42 Å². The fourth-order valence-corrected chi connectivity index (χ4v) is 1.15. The second kappa shape index (κ2) is 6.21. The molecule has 0 aliphatic rings. The first-order valence-corrected chi connectivity index (χ1v) is 4.53. The first-order valence-electron chi connectivity index (χ1n) is 4.53. The van der Waals surface area contributed by atoms with Crippen molar-refractivity contribution in [3.63, 3.8) is 0 Å². The van der Waals surface area contributed by atoms with Gasteiger partial charge in [0.15, 0.2) is 0 Å². The fourth-order valence-electron chi connectivity index (χ4n) is 1.15. The van der Waals surface area contributed by atoms with Crippen LogP contribution in [0.2, 0.25) is 0 Å². The van der Waals surface area contributed by atoms with E-state index < -0.39 is 6.10 Å². The van der Waals surface area contributed by atoms with Crippen molar-refractivity contribution < 1.29 is 10.2 Å². The molecule has 0 aliphatic heterocycles. The summed E-state index contributed by atoms with van der Waals surface area (Å²) >= 11 is 0. The Hall–Kier alpha value is -0.340. The monoisotopic (exact) mass is 172 g/mol. The third-order valence-electron chi connectivity index (χ3n) is 1.75. The maximum absolute atomic E-state index is 9.34. The maximum Gasteiger partial charge on any atom is 0.0564 e. The lowest BCUT2D eigenvalue weighted by Crippen LogP contribution is -2.14. The second-order valence-electron chi connectivity index (χ2n) is 3.59. The van der Waals surface area contributed by atoms with Gasteiger partial charge in [0.05, 0.1) is 12.2 Å². The quantitative estimate of drug-likeness (QED) is 0.600. The maximum atomic E-state index is 9.34. The molecule has 0 unspecified atom stereocenters. The average Bonchev–Trinajstić information content (AvgIpc) is 1.84. The third-order valence-corrected chi connectivity index (χ3v) is 1.75. The van der Waals surface area contributed by atoms with Gasteiger partial charge in [0, 0.05) is 0 Å². The van der Waals surface area contributed by atoms with Gasteiger partial charge in [-0.25, -0.2) is 0 Å². The van der Waals surface area contributed by atoms with Crippen molar-refractivity contribution in [2.75, 3.05) is 0 Å². The van der Waals surface area contributed by atoms with Gasteiger partial charge >= 0.3 is 0 Å². The van der Waals surface area contributed by atoms with E-state index in [0.717, 1.165) is 24.8 Å². The largest absolute Gasteiger partial charge is 0.393 e. The van der Waals surface area contributed by atoms with Gasteiger partial charge in [0.25, 0.3) is 0 Å². The summed E-state index contributed by atoms with van der Waals surface area (Å²) in [6, 6.07) is 0. The lowest BCUT2D eigenvalue weighted by Gasteiger charge is -2.11. The second-order valence-corrected chi connectivity index (χ2v) is 3.59. The summed E-state index contributed by atoms with van der Waals surface area (Å²) in [7, 11) is 0. The van der Waals surface area contributed by atoms with Crippen LogP contribution in [0.4, 0.5) is 0 Å². The lowest BCUT2D eigenvalue weighted by molar-refractivity contribution is 0.0840. The summed E-state index contributed by atoms with van der Waals surface area (Å²) in [6.45, 7) is 7.47. The van der Waals surface area contributed by atoms with Gasteiger partial charge in [-0.15, -0.1) is 6.58 Å². The zero-order valence-corrected chi connectivity index (χ0v) is 8.08. The van der Waals surface area contributed by atoms with Gasteiger partial charge < -0.3 is 10.2 Å². The Bertz CT molecular complexity index is 130. The molecule has 0 aliphatic carbocycles. The van der Waals surface area contributed by atoms with E-state index >= 15 is 0 Å². The van der Waals surface area contributed by atoms with Crippen LogP contribution in [0.25, 0.3) is 0 Å². The molecule has 0 aromatic carbocycles. The molecule has 0 radical (unpaired) electrons. The molecule has 0 spiro atoms. The molecule has 0 saturated heterocycles. The Balaban J connectivity index is 3.31. The highest BCUT2D eigenvalue weighted by atomic mass is 16.3. The van der Waals surface area contributed by atoms with E-state index in [1.807, 2.05) is 6.92 Å². The molecule has 0 saturated carbocycles. The zero-order chi connectivity index (χ0) is 9.56. The Labute approximate surface area is 74.9 Å². The Morgan fingerprint density at radius 1 is 1.42 bits per heavy atom. The predicted octanol–water partition coefficient (Wildman–Crippen LogP) is 1.86. The molecule has 0 aromatic rings. The number of hydrogen-bond acceptors (Lipinski definition) is 2. The van der Waals surface area contributed by atoms with E-state index in [9.17, 15) is 5.11 Å². The standard InChI is InChI=1S/C10H20O2/c1-8(2)5-4-6-10(12)7-9(3)11/h9-12H,1,4-7H2,2-3H3/t9-,10+/m1/s1. The van der Waals surface area contributed by atoms with E-state index in [1.54, 1.807) is 6.92 Å². The van der Waals surface area contributed by atoms with Crippen LogP contribution in [0.15, 0.2) is 12.2 Å². The van der Waals surface area contributed by atoms with Crippen molar-refractivity contribution in [3.8, 4) is 0 Å². The molecule has 2 heteroatoms. The fraction of sp³-hybridized carbons (Fsp3) is 0.800. The molecular weight excluding hydrogens is 152 g/mol. The van der Waals surface area contributed by atoms with Crippen molar-refractivity contribution in [1.29, 1.82) is 0 Å². The third kappa shape index (κ3) is 7.76. The van der Waals surface area contributed by atoms with Crippen molar-refractivity contribution in [1.82, 2.24) is 0 Å². The van der Waals surface area contributed by atoms with Gasteiger partial charge in [0.2, 0.25) is 0 Å². The zero-order valence-electron chi connectivity index (χ0n) is 8.08. The van der Waals surface area contributed by atoms with E-state index in [1.165, 1.54) is 0 Å². The van der Waals surface area contributed by atoms with Crippen molar-refractivity contribution in [3.05, 3.63) is 12.2 Å². The van der Waals surface area contributed by atoms with E-state index in [2.05, 4.69) is 6.58 Å². The highest BCUT2D eigenvalue weighted by molar-refractivity contribution is 4.87. The number of hydrogen-bond donors (Lipinski definition) is 2. The molecule has 0 fully saturated rings. The van der Waals surface area contributed by atoms with Gasteiger partial charge in [-0.1, -0.05) is 5.57 Å². The molecule has 0 rings (SSSR count). The van der Waals surface area contributed by atoms with Crippen LogP contribution in [0, 0.1) is 0 Å². The minimum absolute atomic E-state index is 0.357. The smallest absolute Gasteiger partial charge is 0.0564 e. The average molecular weight is 172 g/mol. The Morgan fingerprint density at radius 3 is 2.42 bits per heavy atom.